The summed E-state index contributed by atoms with van der Waals surface area (Å²) in [5, 5.41) is 0. The van der Waals surface area contributed by atoms with E-state index in [9.17, 15) is 0 Å². The Morgan fingerprint density at radius 3 is 0.778 bits per heavy atom. The normalized spacial score (nSPS) is 11.8. The van der Waals surface area contributed by atoms with Crippen LogP contribution in [0.3, 0.4) is 0 Å². The Labute approximate surface area is 273 Å². The van der Waals surface area contributed by atoms with Gasteiger partial charge in [-0.3, -0.25) is 0 Å². The second kappa shape index (κ2) is 11.8. The zero-order chi connectivity index (χ0) is 33.1. The molecule has 0 spiro atoms. The Balaban J connectivity index is 2.23. The Hall–Kier alpha value is -3.90. The molecule has 0 heteroatoms. The summed E-state index contributed by atoms with van der Waals surface area (Å²) in [5.41, 5.74) is 26.4. The SMILES string of the molecule is Cc1cc(C)c(-c2c(C)cc(C)cc2C(c2c(C)cc(C)cc2C)(c2c(C)cc(C)cc2C)c2c(C)cc(C)cc2C)c(C)c1. The van der Waals surface area contributed by atoms with Crippen LogP contribution in [0.5, 0.6) is 0 Å². The van der Waals surface area contributed by atoms with E-state index in [1.165, 1.54) is 111 Å². The van der Waals surface area contributed by atoms with E-state index in [2.05, 4.69) is 158 Å². The monoisotopic (exact) mass is 592 g/mol. The summed E-state index contributed by atoms with van der Waals surface area (Å²) in [6.07, 6.45) is 0. The molecule has 0 bridgehead atoms. The van der Waals surface area contributed by atoms with Crippen LogP contribution in [-0.4, -0.2) is 0 Å². The summed E-state index contributed by atoms with van der Waals surface area (Å²) >= 11 is 0. The van der Waals surface area contributed by atoms with Crippen molar-refractivity contribution in [3.05, 3.63) is 161 Å². The number of hydrogen-bond donors (Lipinski definition) is 0. The fraction of sp³-hybridized carbons (Fsp3) is 0.333. The van der Waals surface area contributed by atoms with E-state index in [0.29, 0.717) is 0 Å². The van der Waals surface area contributed by atoms with Crippen LogP contribution in [0, 0.1) is 96.9 Å². The summed E-state index contributed by atoms with van der Waals surface area (Å²) in [6, 6.07) is 24.1. The Bertz CT molecular complexity index is 1750. The van der Waals surface area contributed by atoms with Crippen LogP contribution < -0.4 is 0 Å². The maximum absolute atomic E-state index is 2.53. The van der Waals surface area contributed by atoms with Crippen molar-refractivity contribution in [3.63, 3.8) is 0 Å². The van der Waals surface area contributed by atoms with Crippen molar-refractivity contribution in [2.24, 2.45) is 0 Å². The van der Waals surface area contributed by atoms with Gasteiger partial charge in [0, 0.05) is 0 Å². The first-order valence-corrected chi connectivity index (χ1v) is 16.5. The van der Waals surface area contributed by atoms with Gasteiger partial charge in [-0.05, 0) is 180 Å². The fourth-order valence-corrected chi connectivity index (χ4v) is 9.26. The van der Waals surface area contributed by atoms with Crippen molar-refractivity contribution >= 4 is 0 Å². The quantitative estimate of drug-likeness (QED) is 0.178. The van der Waals surface area contributed by atoms with E-state index in [-0.39, 0.29) is 0 Å². The number of aryl methyl sites for hydroxylation is 14. The highest BCUT2D eigenvalue weighted by atomic mass is 14.5. The van der Waals surface area contributed by atoms with Gasteiger partial charge in [-0.2, -0.15) is 0 Å². The maximum Gasteiger partial charge on any atom is 0.0723 e. The molecule has 0 aliphatic carbocycles. The third-order valence-electron chi connectivity index (χ3n) is 9.97. The van der Waals surface area contributed by atoms with E-state index >= 15 is 0 Å². The molecule has 5 aromatic rings. The van der Waals surface area contributed by atoms with E-state index in [1.807, 2.05) is 0 Å². The lowest BCUT2D eigenvalue weighted by molar-refractivity contribution is 0.706. The van der Waals surface area contributed by atoms with Crippen LogP contribution >= 0.6 is 0 Å². The highest BCUT2D eigenvalue weighted by molar-refractivity contribution is 5.83. The molecule has 0 aliphatic heterocycles. The molecule has 45 heavy (non-hydrogen) atoms. The van der Waals surface area contributed by atoms with Crippen molar-refractivity contribution in [1.29, 1.82) is 0 Å². The molecule has 0 fully saturated rings. The van der Waals surface area contributed by atoms with E-state index in [0.717, 1.165) is 0 Å². The fourth-order valence-electron chi connectivity index (χ4n) is 9.26. The lowest BCUT2D eigenvalue weighted by Crippen LogP contribution is -2.37. The minimum atomic E-state index is -0.554. The van der Waals surface area contributed by atoms with Gasteiger partial charge in [0.25, 0.3) is 0 Å². The van der Waals surface area contributed by atoms with Crippen molar-refractivity contribution in [3.8, 4) is 11.1 Å². The predicted molar refractivity (Wildman–Crippen MR) is 197 cm³/mol. The summed E-state index contributed by atoms with van der Waals surface area (Å²) < 4.78 is 0. The van der Waals surface area contributed by atoms with Crippen LogP contribution in [-0.2, 0) is 5.41 Å². The zero-order valence-electron chi connectivity index (χ0n) is 30.3. The number of hydrogen-bond acceptors (Lipinski definition) is 0. The molecule has 0 atom stereocenters. The molecule has 0 nitrogen and oxygen atoms in total. The molecular formula is C45H52. The molecule has 0 aromatic heterocycles. The van der Waals surface area contributed by atoms with Crippen molar-refractivity contribution in [1.82, 2.24) is 0 Å². The van der Waals surface area contributed by atoms with Crippen LogP contribution in [0.25, 0.3) is 11.1 Å². The topological polar surface area (TPSA) is 0 Å². The highest BCUT2D eigenvalue weighted by Crippen LogP contribution is 2.55. The molecule has 5 aromatic carbocycles. The van der Waals surface area contributed by atoms with Gasteiger partial charge in [-0.25, -0.2) is 0 Å². The molecule has 0 unspecified atom stereocenters. The van der Waals surface area contributed by atoms with Crippen molar-refractivity contribution < 1.29 is 0 Å². The van der Waals surface area contributed by atoms with Gasteiger partial charge in [0.2, 0.25) is 0 Å². The maximum atomic E-state index is 2.53. The standard InChI is InChI=1S/C45H52/c1-25-15-30(6)40(31(7)16-25)41-32(8)17-29(5)24-39(41)45(42-33(9)18-26(2)19-34(42)10,43-35(11)20-27(3)21-36(43)12)44-37(13)22-28(4)23-38(44)14/h15-24H,1-14H3. The smallest absolute Gasteiger partial charge is 0.0560 e. The minimum Gasteiger partial charge on any atom is -0.0560 e. The van der Waals surface area contributed by atoms with Crippen LogP contribution in [0.4, 0.5) is 0 Å². The van der Waals surface area contributed by atoms with E-state index in [4.69, 9.17) is 0 Å². The van der Waals surface area contributed by atoms with Gasteiger partial charge in [-0.1, -0.05) is 88.5 Å². The average Bonchev–Trinajstić information content (AvgIpc) is 2.86. The summed E-state index contributed by atoms with van der Waals surface area (Å²) in [4.78, 5) is 0. The first kappa shape index (κ1) is 32.5. The molecule has 0 amide bonds. The summed E-state index contributed by atoms with van der Waals surface area (Å²) in [6.45, 7) is 32.2. The largest absolute Gasteiger partial charge is 0.0723 e. The highest BCUT2D eigenvalue weighted by Gasteiger charge is 2.46. The van der Waals surface area contributed by atoms with Gasteiger partial charge in [0.1, 0.15) is 0 Å². The number of benzene rings is 5. The molecule has 0 radical (unpaired) electrons. The molecule has 232 valence electrons. The second-order valence-corrected chi connectivity index (χ2v) is 14.3. The molecule has 0 heterocycles. The van der Waals surface area contributed by atoms with Crippen LogP contribution in [0.2, 0.25) is 0 Å². The van der Waals surface area contributed by atoms with Gasteiger partial charge in [-0.15, -0.1) is 0 Å². The lowest BCUT2D eigenvalue weighted by atomic mass is 9.57. The van der Waals surface area contributed by atoms with Gasteiger partial charge in [0.05, 0.1) is 5.41 Å². The summed E-state index contributed by atoms with van der Waals surface area (Å²) in [7, 11) is 0. The zero-order valence-corrected chi connectivity index (χ0v) is 30.3. The van der Waals surface area contributed by atoms with Gasteiger partial charge in [0.15, 0.2) is 0 Å². The third-order valence-corrected chi connectivity index (χ3v) is 9.97. The first-order valence-electron chi connectivity index (χ1n) is 16.5. The summed E-state index contributed by atoms with van der Waals surface area (Å²) in [5.74, 6) is 0. The van der Waals surface area contributed by atoms with Gasteiger partial charge >= 0.3 is 0 Å². The molecule has 0 saturated heterocycles. The Morgan fingerprint density at radius 2 is 0.489 bits per heavy atom. The number of rotatable bonds is 5. The Morgan fingerprint density at radius 1 is 0.267 bits per heavy atom. The second-order valence-electron chi connectivity index (χ2n) is 14.3. The van der Waals surface area contributed by atoms with Crippen molar-refractivity contribution in [2.75, 3.05) is 0 Å². The molecule has 0 N–H and O–H groups in total. The minimum absolute atomic E-state index is 0.554. The van der Waals surface area contributed by atoms with Gasteiger partial charge < -0.3 is 0 Å². The molecule has 0 aliphatic rings. The van der Waals surface area contributed by atoms with Crippen molar-refractivity contribution in [2.45, 2.75) is 102 Å². The van der Waals surface area contributed by atoms with Crippen LogP contribution in [0.1, 0.15) is 100 Å². The average molecular weight is 593 g/mol. The van der Waals surface area contributed by atoms with E-state index in [1.54, 1.807) is 0 Å². The molecule has 0 saturated carbocycles. The Kier molecular flexibility index (Phi) is 8.52. The van der Waals surface area contributed by atoms with E-state index < -0.39 is 5.41 Å². The third kappa shape index (κ3) is 5.37. The van der Waals surface area contributed by atoms with Crippen LogP contribution in [0.15, 0.2) is 60.7 Å². The lowest BCUT2D eigenvalue weighted by Gasteiger charge is -2.44. The predicted octanol–water partition coefficient (Wildman–Crippen LogP) is 12.1. The molecular weight excluding hydrogens is 540 g/mol. The first-order chi connectivity index (χ1) is 21.1. The molecule has 5 rings (SSSR count).